The van der Waals surface area contributed by atoms with Crippen molar-refractivity contribution >= 4 is 23.4 Å². The zero-order chi connectivity index (χ0) is 12.3. The second-order valence-corrected chi connectivity index (χ2v) is 3.50. The largest absolute Gasteiger partial charge is 0.478 e. The number of aliphatic imine (C=N–C) groups is 1. The summed E-state index contributed by atoms with van der Waals surface area (Å²) < 4.78 is 0. The maximum Gasteiger partial charge on any atom is 0.335 e. The summed E-state index contributed by atoms with van der Waals surface area (Å²) in [6.07, 6.45) is 0. The van der Waals surface area contributed by atoms with Crippen LogP contribution in [0.15, 0.2) is 29.3 Å². The third-order valence-electron chi connectivity index (χ3n) is 2.26. The van der Waals surface area contributed by atoms with Crippen molar-refractivity contribution in [2.24, 2.45) is 4.99 Å². The van der Waals surface area contributed by atoms with Crippen molar-refractivity contribution in [3.8, 4) is 0 Å². The van der Waals surface area contributed by atoms with Crippen LogP contribution in [0, 0.1) is 0 Å². The Kier molecular flexibility index (Phi) is 3.04. The van der Waals surface area contributed by atoms with Gasteiger partial charge in [0.15, 0.2) is 5.84 Å². The number of nitrogens with zero attached hydrogens (tertiary/aromatic N) is 1. The lowest BCUT2D eigenvalue weighted by atomic mass is 10.2. The highest BCUT2D eigenvalue weighted by Crippen LogP contribution is 2.10. The molecule has 0 spiro atoms. The van der Waals surface area contributed by atoms with Gasteiger partial charge in [0.25, 0.3) is 5.91 Å². The molecule has 1 amide bonds. The predicted molar refractivity (Wildman–Crippen MR) is 62.3 cm³/mol. The van der Waals surface area contributed by atoms with E-state index in [2.05, 4.69) is 15.6 Å². The molecule has 6 heteroatoms. The normalized spacial score (nSPS) is 13.8. The molecule has 0 saturated heterocycles. The average Bonchev–Trinajstić information content (AvgIpc) is 2.82. The van der Waals surface area contributed by atoms with E-state index in [9.17, 15) is 9.59 Å². The Balaban J connectivity index is 2.10. The molecule has 0 radical (unpaired) electrons. The smallest absolute Gasteiger partial charge is 0.335 e. The van der Waals surface area contributed by atoms with E-state index < -0.39 is 5.97 Å². The van der Waals surface area contributed by atoms with Crippen LogP contribution in [-0.2, 0) is 4.79 Å². The third kappa shape index (κ3) is 2.60. The van der Waals surface area contributed by atoms with Gasteiger partial charge in [0, 0.05) is 12.2 Å². The van der Waals surface area contributed by atoms with Gasteiger partial charge in [-0.3, -0.25) is 9.79 Å². The van der Waals surface area contributed by atoms with Gasteiger partial charge in [0.05, 0.1) is 12.1 Å². The molecule has 0 atom stereocenters. The second kappa shape index (κ2) is 4.65. The van der Waals surface area contributed by atoms with Crippen molar-refractivity contribution in [2.75, 3.05) is 18.4 Å². The van der Waals surface area contributed by atoms with Crippen LogP contribution in [0.5, 0.6) is 0 Å². The van der Waals surface area contributed by atoms with E-state index >= 15 is 0 Å². The van der Waals surface area contributed by atoms with E-state index in [4.69, 9.17) is 5.11 Å². The first-order chi connectivity index (χ1) is 8.16. The summed E-state index contributed by atoms with van der Waals surface area (Å²) in [6, 6.07) is 6.06. The number of benzene rings is 1. The monoisotopic (exact) mass is 233 g/mol. The van der Waals surface area contributed by atoms with E-state index in [1.54, 1.807) is 12.1 Å². The molecule has 1 aromatic rings. The Bertz CT molecular complexity index is 496. The number of amidine groups is 1. The van der Waals surface area contributed by atoms with Crippen LogP contribution in [0.2, 0.25) is 0 Å². The first kappa shape index (κ1) is 11.1. The number of carboxylic acids is 1. The quantitative estimate of drug-likeness (QED) is 0.701. The van der Waals surface area contributed by atoms with Gasteiger partial charge in [-0.25, -0.2) is 4.79 Å². The van der Waals surface area contributed by atoms with Gasteiger partial charge in [-0.05, 0) is 18.2 Å². The number of anilines is 1. The predicted octanol–water partition coefficient (Wildman–Crippen LogP) is 0.325. The molecule has 0 bridgehead atoms. The standard InChI is InChI=1S/C11H11N3O3/c15-10(9-12-4-5-13-9)14-8-3-1-2-7(6-8)11(16)17/h1-3,6H,4-5H2,(H,12,13)(H,14,15)(H,16,17). The first-order valence-electron chi connectivity index (χ1n) is 5.10. The molecule has 2 rings (SSSR count). The SMILES string of the molecule is O=C(Nc1cccc(C(=O)O)c1)C1=NCCN1. The third-order valence-corrected chi connectivity index (χ3v) is 2.26. The number of carbonyl (C=O) groups excluding carboxylic acids is 1. The van der Waals surface area contributed by atoms with Gasteiger partial charge < -0.3 is 15.7 Å². The molecule has 0 fully saturated rings. The highest BCUT2D eigenvalue weighted by molar-refractivity contribution is 6.42. The number of nitrogens with one attached hydrogen (secondary N) is 2. The van der Waals surface area contributed by atoms with E-state index in [0.717, 1.165) is 0 Å². The number of rotatable bonds is 3. The summed E-state index contributed by atoms with van der Waals surface area (Å²) in [5, 5.41) is 14.2. The molecule has 1 aliphatic rings. The van der Waals surface area contributed by atoms with Crippen LogP contribution < -0.4 is 10.6 Å². The minimum absolute atomic E-state index is 0.129. The Labute approximate surface area is 97.4 Å². The van der Waals surface area contributed by atoms with Gasteiger partial charge >= 0.3 is 5.97 Å². The summed E-state index contributed by atoms with van der Waals surface area (Å²) in [4.78, 5) is 26.4. The number of hydrogen-bond acceptors (Lipinski definition) is 4. The molecular formula is C11H11N3O3. The number of carbonyl (C=O) groups is 2. The van der Waals surface area contributed by atoms with Crippen molar-refractivity contribution in [3.05, 3.63) is 29.8 Å². The van der Waals surface area contributed by atoms with E-state index in [0.29, 0.717) is 18.8 Å². The Morgan fingerprint density at radius 2 is 2.24 bits per heavy atom. The maximum atomic E-state index is 11.6. The second-order valence-electron chi connectivity index (χ2n) is 3.50. The molecule has 1 aromatic carbocycles. The fourth-order valence-corrected chi connectivity index (χ4v) is 1.47. The lowest BCUT2D eigenvalue weighted by Crippen LogP contribution is -2.32. The molecule has 88 valence electrons. The van der Waals surface area contributed by atoms with E-state index in [1.165, 1.54) is 12.1 Å². The zero-order valence-corrected chi connectivity index (χ0v) is 8.93. The first-order valence-corrected chi connectivity index (χ1v) is 5.10. The molecule has 0 aromatic heterocycles. The summed E-state index contributed by atoms with van der Waals surface area (Å²) in [6.45, 7) is 1.23. The van der Waals surface area contributed by atoms with Crippen LogP contribution in [0.4, 0.5) is 5.69 Å². The minimum atomic E-state index is -1.03. The number of carboxylic acid groups (broad SMARTS) is 1. The van der Waals surface area contributed by atoms with Crippen molar-refractivity contribution in [1.82, 2.24) is 5.32 Å². The molecule has 0 aliphatic carbocycles. The lowest BCUT2D eigenvalue weighted by molar-refractivity contribution is -0.110. The van der Waals surface area contributed by atoms with Crippen molar-refractivity contribution in [2.45, 2.75) is 0 Å². The molecule has 6 nitrogen and oxygen atoms in total. The molecule has 17 heavy (non-hydrogen) atoms. The molecule has 1 aliphatic heterocycles. The highest BCUT2D eigenvalue weighted by atomic mass is 16.4. The molecule has 0 unspecified atom stereocenters. The van der Waals surface area contributed by atoms with Gasteiger partial charge in [0.2, 0.25) is 0 Å². The van der Waals surface area contributed by atoms with Crippen molar-refractivity contribution < 1.29 is 14.7 Å². The molecular weight excluding hydrogens is 222 g/mol. The van der Waals surface area contributed by atoms with Gasteiger partial charge in [-0.15, -0.1) is 0 Å². The summed E-state index contributed by atoms with van der Waals surface area (Å²) in [5.41, 5.74) is 0.565. The van der Waals surface area contributed by atoms with Gasteiger partial charge in [-0.2, -0.15) is 0 Å². The Morgan fingerprint density at radius 1 is 1.41 bits per heavy atom. The maximum absolute atomic E-state index is 11.6. The fraction of sp³-hybridized carbons (Fsp3) is 0.182. The Hall–Kier alpha value is -2.37. The molecule has 0 saturated carbocycles. The van der Waals surface area contributed by atoms with Crippen LogP contribution in [-0.4, -0.2) is 35.9 Å². The van der Waals surface area contributed by atoms with Crippen LogP contribution in [0.25, 0.3) is 0 Å². The zero-order valence-electron chi connectivity index (χ0n) is 8.93. The van der Waals surface area contributed by atoms with E-state index in [-0.39, 0.29) is 17.3 Å². The van der Waals surface area contributed by atoms with Crippen LogP contribution in [0.3, 0.4) is 0 Å². The van der Waals surface area contributed by atoms with Crippen LogP contribution >= 0.6 is 0 Å². The number of amides is 1. The van der Waals surface area contributed by atoms with Crippen molar-refractivity contribution in [1.29, 1.82) is 0 Å². The van der Waals surface area contributed by atoms with Crippen LogP contribution in [0.1, 0.15) is 10.4 Å². The van der Waals surface area contributed by atoms with Crippen molar-refractivity contribution in [3.63, 3.8) is 0 Å². The summed E-state index contributed by atoms with van der Waals surface area (Å²) in [7, 11) is 0. The molecule has 1 heterocycles. The van der Waals surface area contributed by atoms with E-state index in [1.807, 2.05) is 0 Å². The lowest BCUT2D eigenvalue weighted by Gasteiger charge is -2.05. The summed E-state index contributed by atoms with van der Waals surface area (Å²) >= 11 is 0. The fourth-order valence-electron chi connectivity index (χ4n) is 1.47. The van der Waals surface area contributed by atoms with Gasteiger partial charge in [-0.1, -0.05) is 6.07 Å². The average molecular weight is 233 g/mol. The summed E-state index contributed by atoms with van der Waals surface area (Å²) in [5.74, 6) is -1.10. The van der Waals surface area contributed by atoms with Gasteiger partial charge in [0.1, 0.15) is 0 Å². The molecule has 3 N–H and O–H groups in total. The number of aromatic carboxylic acids is 1. The topological polar surface area (TPSA) is 90.8 Å². The Morgan fingerprint density at radius 3 is 2.88 bits per heavy atom. The highest BCUT2D eigenvalue weighted by Gasteiger charge is 2.15. The number of hydrogen-bond donors (Lipinski definition) is 3. The minimum Gasteiger partial charge on any atom is -0.478 e.